The molecule has 0 aromatic carbocycles. The van der Waals surface area contributed by atoms with Crippen molar-refractivity contribution in [2.45, 2.75) is 32.2 Å². The van der Waals surface area contributed by atoms with Gasteiger partial charge in [-0.1, -0.05) is 6.92 Å². The van der Waals surface area contributed by atoms with Crippen LogP contribution in [-0.4, -0.2) is 25.2 Å². The molecule has 1 unspecified atom stereocenters. The molecule has 13 heavy (non-hydrogen) atoms. The summed E-state index contributed by atoms with van der Waals surface area (Å²) in [6.07, 6.45) is 3.12. The number of carbonyl (C=O) groups excluding carboxylic acids is 1. The first kappa shape index (κ1) is 9.00. The molecule has 0 aromatic rings. The largest absolute Gasteiger partial charge is 0.379 e. The summed E-state index contributed by atoms with van der Waals surface area (Å²) in [5, 5.41) is 3.04. The molecule has 1 amide bonds. The molecular formula is C10H17NO2. The van der Waals surface area contributed by atoms with Gasteiger partial charge in [-0.05, 0) is 25.2 Å². The van der Waals surface area contributed by atoms with E-state index in [0.717, 1.165) is 31.8 Å². The molecule has 3 heteroatoms. The van der Waals surface area contributed by atoms with E-state index in [0.29, 0.717) is 6.61 Å². The molecule has 0 spiro atoms. The Bertz CT molecular complexity index is 193. The van der Waals surface area contributed by atoms with Gasteiger partial charge in [-0.3, -0.25) is 4.79 Å². The van der Waals surface area contributed by atoms with Crippen molar-refractivity contribution in [1.82, 2.24) is 5.32 Å². The van der Waals surface area contributed by atoms with Crippen LogP contribution >= 0.6 is 0 Å². The van der Waals surface area contributed by atoms with Crippen LogP contribution in [0.25, 0.3) is 0 Å². The van der Waals surface area contributed by atoms with Crippen molar-refractivity contribution in [3.8, 4) is 0 Å². The number of hydrogen-bond acceptors (Lipinski definition) is 2. The second kappa shape index (κ2) is 3.66. The summed E-state index contributed by atoms with van der Waals surface area (Å²) in [6, 6.07) is 0.281. The number of hydrogen-bond donors (Lipinski definition) is 1. The highest BCUT2D eigenvalue weighted by atomic mass is 16.5. The minimum atomic E-state index is 0.244. The molecule has 1 heterocycles. The smallest absolute Gasteiger partial charge is 0.223 e. The van der Waals surface area contributed by atoms with Gasteiger partial charge >= 0.3 is 0 Å². The maximum absolute atomic E-state index is 11.6. The van der Waals surface area contributed by atoms with Crippen molar-refractivity contribution in [2.75, 3.05) is 13.2 Å². The van der Waals surface area contributed by atoms with Gasteiger partial charge < -0.3 is 10.1 Å². The molecule has 1 atom stereocenters. The summed E-state index contributed by atoms with van der Waals surface area (Å²) in [5.41, 5.74) is 0. The highest BCUT2D eigenvalue weighted by molar-refractivity contribution is 5.79. The van der Waals surface area contributed by atoms with E-state index in [1.54, 1.807) is 0 Å². The van der Waals surface area contributed by atoms with Gasteiger partial charge in [-0.15, -0.1) is 0 Å². The molecule has 2 fully saturated rings. The van der Waals surface area contributed by atoms with Crippen LogP contribution in [0.1, 0.15) is 26.2 Å². The minimum Gasteiger partial charge on any atom is -0.379 e. The fraction of sp³-hybridized carbons (Fsp3) is 0.900. The topological polar surface area (TPSA) is 38.3 Å². The van der Waals surface area contributed by atoms with Crippen molar-refractivity contribution < 1.29 is 9.53 Å². The zero-order valence-electron chi connectivity index (χ0n) is 8.08. The molecule has 1 saturated heterocycles. The van der Waals surface area contributed by atoms with Gasteiger partial charge in [0.15, 0.2) is 0 Å². The maximum atomic E-state index is 11.6. The molecule has 1 saturated carbocycles. The van der Waals surface area contributed by atoms with Gasteiger partial charge in [0.05, 0.1) is 12.6 Å². The van der Waals surface area contributed by atoms with E-state index < -0.39 is 0 Å². The van der Waals surface area contributed by atoms with Crippen LogP contribution < -0.4 is 5.32 Å². The molecule has 1 aliphatic carbocycles. The number of carbonyl (C=O) groups is 1. The van der Waals surface area contributed by atoms with E-state index in [1.165, 1.54) is 0 Å². The fourth-order valence-electron chi connectivity index (χ4n) is 2.08. The van der Waals surface area contributed by atoms with Crippen molar-refractivity contribution in [3.05, 3.63) is 0 Å². The second-order valence-corrected chi connectivity index (χ2v) is 4.34. The maximum Gasteiger partial charge on any atom is 0.223 e. The Morgan fingerprint density at radius 1 is 1.46 bits per heavy atom. The van der Waals surface area contributed by atoms with Gasteiger partial charge in [0, 0.05) is 12.5 Å². The Balaban J connectivity index is 1.72. The second-order valence-electron chi connectivity index (χ2n) is 4.34. The Morgan fingerprint density at radius 2 is 2.23 bits per heavy atom. The van der Waals surface area contributed by atoms with E-state index >= 15 is 0 Å². The molecular weight excluding hydrogens is 166 g/mol. The lowest BCUT2D eigenvalue weighted by Gasteiger charge is -2.32. The number of amides is 1. The molecule has 2 aliphatic rings. The quantitative estimate of drug-likeness (QED) is 0.692. The SMILES string of the molecule is CC1CC(C(=O)NC2CCOC2)C1. The zero-order valence-corrected chi connectivity index (χ0v) is 8.08. The van der Waals surface area contributed by atoms with Crippen LogP contribution in [0.5, 0.6) is 0 Å². The monoisotopic (exact) mass is 183 g/mol. The lowest BCUT2D eigenvalue weighted by Crippen LogP contribution is -2.43. The summed E-state index contributed by atoms with van der Waals surface area (Å²) in [4.78, 5) is 11.6. The molecule has 0 bridgehead atoms. The third-order valence-electron chi connectivity index (χ3n) is 3.02. The normalized spacial score (nSPS) is 38.4. The lowest BCUT2D eigenvalue weighted by atomic mass is 9.75. The van der Waals surface area contributed by atoms with Crippen molar-refractivity contribution in [2.24, 2.45) is 11.8 Å². The average Bonchev–Trinajstić information content (AvgIpc) is 2.51. The van der Waals surface area contributed by atoms with Gasteiger partial charge in [0.1, 0.15) is 0 Å². The van der Waals surface area contributed by atoms with E-state index in [9.17, 15) is 4.79 Å². The molecule has 1 N–H and O–H groups in total. The Labute approximate surface area is 78.8 Å². The summed E-state index contributed by atoms with van der Waals surface area (Å²) >= 11 is 0. The molecule has 3 nitrogen and oxygen atoms in total. The van der Waals surface area contributed by atoms with Gasteiger partial charge in [0.25, 0.3) is 0 Å². The summed E-state index contributed by atoms with van der Waals surface area (Å²) in [7, 11) is 0. The standard InChI is InChI=1S/C10H17NO2/c1-7-4-8(5-7)10(12)11-9-2-3-13-6-9/h7-9H,2-6H2,1H3,(H,11,12). The highest BCUT2D eigenvalue weighted by Gasteiger charge is 2.32. The third kappa shape index (κ3) is 2.02. The molecule has 0 radical (unpaired) electrons. The Hall–Kier alpha value is -0.570. The number of ether oxygens (including phenoxy) is 1. The predicted octanol–water partition coefficient (Wildman–Crippen LogP) is 0.938. The van der Waals surface area contributed by atoms with Crippen LogP contribution in [0, 0.1) is 11.8 Å². The van der Waals surface area contributed by atoms with E-state index in [-0.39, 0.29) is 17.9 Å². The van der Waals surface area contributed by atoms with Crippen molar-refractivity contribution in [3.63, 3.8) is 0 Å². The van der Waals surface area contributed by atoms with Gasteiger partial charge in [-0.2, -0.15) is 0 Å². The lowest BCUT2D eigenvalue weighted by molar-refractivity contribution is -0.129. The minimum absolute atomic E-state index is 0.244. The van der Waals surface area contributed by atoms with Crippen LogP contribution in [0.15, 0.2) is 0 Å². The van der Waals surface area contributed by atoms with Crippen molar-refractivity contribution in [1.29, 1.82) is 0 Å². The number of nitrogens with one attached hydrogen (secondary N) is 1. The van der Waals surface area contributed by atoms with Crippen LogP contribution in [0.4, 0.5) is 0 Å². The van der Waals surface area contributed by atoms with Gasteiger partial charge in [-0.25, -0.2) is 0 Å². The summed E-state index contributed by atoms with van der Waals surface area (Å²) in [6.45, 7) is 3.70. The predicted molar refractivity (Wildman–Crippen MR) is 49.3 cm³/mol. The summed E-state index contributed by atoms with van der Waals surface area (Å²) in [5.74, 6) is 1.28. The molecule has 0 aromatic heterocycles. The van der Waals surface area contributed by atoms with E-state index in [1.807, 2.05) is 0 Å². The molecule has 1 aliphatic heterocycles. The fourth-order valence-corrected chi connectivity index (χ4v) is 2.08. The molecule has 2 rings (SSSR count). The highest BCUT2D eigenvalue weighted by Crippen LogP contribution is 2.33. The van der Waals surface area contributed by atoms with Crippen LogP contribution in [0.2, 0.25) is 0 Å². The zero-order chi connectivity index (χ0) is 9.26. The summed E-state index contributed by atoms with van der Waals surface area (Å²) < 4.78 is 5.20. The van der Waals surface area contributed by atoms with Crippen molar-refractivity contribution >= 4 is 5.91 Å². The average molecular weight is 183 g/mol. The van der Waals surface area contributed by atoms with E-state index in [2.05, 4.69) is 12.2 Å². The van der Waals surface area contributed by atoms with Crippen LogP contribution in [-0.2, 0) is 9.53 Å². The van der Waals surface area contributed by atoms with Crippen LogP contribution in [0.3, 0.4) is 0 Å². The van der Waals surface area contributed by atoms with E-state index in [4.69, 9.17) is 4.74 Å². The first-order chi connectivity index (χ1) is 6.25. The first-order valence-corrected chi connectivity index (χ1v) is 5.14. The first-order valence-electron chi connectivity index (χ1n) is 5.14. The number of rotatable bonds is 2. The Kier molecular flexibility index (Phi) is 2.54. The van der Waals surface area contributed by atoms with Gasteiger partial charge in [0.2, 0.25) is 5.91 Å². The molecule has 74 valence electrons. The Morgan fingerprint density at radius 3 is 2.77 bits per heavy atom. The third-order valence-corrected chi connectivity index (χ3v) is 3.02.